The molecule has 3 fully saturated rings. The Morgan fingerprint density at radius 1 is 1.12 bits per heavy atom. The smallest absolute Gasteiger partial charge is 0.406 e. The molecule has 8 nitrogen and oxygen atoms in total. The number of aromatic nitrogens is 1. The Labute approximate surface area is 249 Å². The van der Waals surface area contributed by atoms with Crippen LogP contribution >= 0.6 is 0 Å². The van der Waals surface area contributed by atoms with Gasteiger partial charge in [0, 0.05) is 47.9 Å². The molecule has 230 valence electrons. The Bertz CT molecular complexity index is 1670. The van der Waals surface area contributed by atoms with E-state index in [1.54, 1.807) is 18.2 Å². The quantitative estimate of drug-likeness (QED) is 0.294. The van der Waals surface area contributed by atoms with Crippen molar-refractivity contribution >= 4 is 32.1 Å². The molecule has 0 bridgehead atoms. The van der Waals surface area contributed by atoms with Gasteiger partial charge in [0.05, 0.1) is 35.0 Å². The SMILES string of the molecule is CS(=O)(=O)c1ccc(OCC#Cc2cc3c(N[C@H]4CC[C@@H](N5CC6(COC6)C5)CC4)cccc3n2CC(F)(F)F)c(N)c1. The molecular formula is C31H35F3N4O4S. The van der Waals surface area contributed by atoms with Crippen molar-refractivity contribution in [2.45, 2.75) is 55.4 Å². The lowest BCUT2D eigenvalue weighted by molar-refractivity contribution is -0.200. The van der Waals surface area contributed by atoms with E-state index < -0.39 is 22.6 Å². The normalized spacial score (nSPS) is 22.0. The number of rotatable bonds is 7. The summed E-state index contributed by atoms with van der Waals surface area (Å²) in [6.07, 6.45) is 0.839. The molecule has 6 rings (SSSR count). The topological polar surface area (TPSA) is 98.8 Å². The number of alkyl halides is 3. The van der Waals surface area contributed by atoms with E-state index in [9.17, 15) is 21.6 Å². The van der Waals surface area contributed by atoms with Crippen LogP contribution in [0, 0.1) is 17.3 Å². The molecule has 1 aliphatic carbocycles. The summed E-state index contributed by atoms with van der Waals surface area (Å²) in [4.78, 5) is 2.63. The highest BCUT2D eigenvalue weighted by Crippen LogP contribution is 2.41. The Hall–Kier alpha value is -3.40. The Kier molecular flexibility index (Phi) is 7.77. The van der Waals surface area contributed by atoms with Crippen LogP contribution in [0.15, 0.2) is 47.4 Å². The average molecular weight is 617 g/mol. The molecular weight excluding hydrogens is 581 g/mol. The molecule has 3 aliphatic rings. The first kappa shape index (κ1) is 29.7. The summed E-state index contributed by atoms with van der Waals surface area (Å²) in [5.41, 5.74) is 7.93. The number of hydrogen-bond donors (Lipinski definition) is 2. The summed E-state index contributed by atoms with van der Waals surface area (Å²) in [6.45, 7) is 2.70. The van der Waals surface area contributed by atoms with Crippen LogP contribution in [0.1, 0.15) is 31.4 Å². The van der Waals surface area contributed by atoms with Crippen LogP contribution in [-0.2, 0) is 21.1 Å². The van der Waals surface area contributed by atoms with Gasteiger partial charge >= 0.3 is 6.18 Å². The summed E-state index contributed by atoms with van der Waals surface area (Å²) in [5, 5.41) is 4.30. The van der Waals surface area contributed by atoms with E-state index in [4.69, 9.17) is 15.2 Å². The Morgan fingerprint density at radius 2 is 1.86 bits per heavy atom. The highest BCUT2D eigenvalue weighted by Gasteiger charge is 2.50. The summed E-state index contributed by atoms with van der Waals surface area (Å²) in [5.74, 6) is 5.86. The monoisotopic (exact) mass is 616 g/mol. The highest BCUT2D eigenvalue weighted by molar-refractivity contribution is 7.90. The van der Waals surface area contributed by atoms with E-state index >= 15 is 0 Å². The number of nitrogens with two attached hydrogens (primary N) is 1. The minimum absolute atomic E-state index is 0.0612. The predicted molar refractivity (Wildman–Crippen MR) is 159 cm³/mol. The van der Waals surface area contributed by atoms with Gasteiger partial charge < -0.3 is 25.1 Å². The molecule has 43 heavy (non-hydrogen) atoms. The zero-order valence-electron chi connectivity index (χ0n) is 23.9. The van der Waals surface area contributed by atoms with Crippen LogP contribution in [0.3, 0.4) is 0 Å². The number of sulfone groups is 1. The molecule has 2 aliphatic heterocycles. The first-order chi connectivity index (χ1) is 20.4. The number of nitrogen functional groups attached to an aromatic ring is 1. The molecule has 3 heterocycles. The maximum Gasteiger partial charge on any atom is 0.406 e. The fraction of sp³-hybridized carbons (Fsp3) is 0.484. The second-order valence-electron chi connectivity index (χ2n) is 12.1. The minimum atomic E-state index is -4.43. The standard InChI is InChI=1S/C31H35F3N4O4S/c1-43(39,40)24-11-12-29(26(35)15-24)42-13-3-4-23-14-25-27(5-2-6-28(25)38(23)18-31(32,33)34)36-21-7-9-22(10-8-21)37-16-30(17-37)19-41-20-30/h2,5-6,11-12,14-15,21-22,36H,7-10,13,16-20,35H2,1H3/t21-,22+. The third-order valence-corrected chi connectivity index (χ3v) is 9.79. The third-order valence-electron chi connectivity index (χ3n) is 8.68. The zero-order valence-corrected chi connectivity index (χ0v) is 24.7. The van der Waals surface area contributed by atoms with Crippen LogP contribution in [-0.4, -0.2) is 75.3 Å². The molecule has 0 atom stereocenters. The van der Waals surface area contributed by atoms with Crippen LogP contribution in [0.2, 0.25) is 0 Å². The summed E-state index contributed by atoms with van der Waals surface area (Å²) in [6, 6.07) is 12.0. The van der Waals surface area contributed by atoms with Gasteiger partial charge in [0.15, 0.2) is 9.84 Å². The number of ether oxygens (including phenoxy) is 2. The van der Waals surface area contributed by atoms with Gasteiger partial charge in [-0.15, -0.1) is 0 Å². The molecule has 0 unspecified atom stereocenters. The number of nitrogens with one attached hydrogen (secondary N) is 1. The molecule has 1 spiro atoms. The van der Waals surface area contributed by atoms with Gasteiger partial charge in [-0.05, 0) is 68.0 Å². The van der Waals surface area contributed by atoms with E-state index in [0.29, 0.717) is 22.4 Å². The fourth-order valence-corrected chi connectivity index (χ4v) is 7.10. The minimum Gasteiger partial charge on any atom is -0.479 e. The van der Waals surface area contributed by atoms with E-state index in [1.807, 2.05) is 6.07 Å². The van der Waals surface area contributed by atoms with Crippen molar-refractivity contribution in [2.24, 2.45) is 5.41 Å². The van der Waals surface area contributed by atoms with Gasteiger partial charge in [-0.2, -0.15) is 13.2 Å². The average Bonchev–Trinajstić information content (AvgIpc) is 3.23. The number of fused-ring (bicyclic) bond motifs is 1. The molecule has 0 amide bonds. The van der Waals surface area contributed by atoms with Gasteiger partial charge in [0.1, 0.15) is 18.9 Å². The van der Waals surface area contributed by atoms with Crippen LogP contribution in [0.25, 0.3) is 10.9 Å². The van der Waals surface area contributed by atoms with Crippen molar-refractivity contribution in [3.8, 4) is 17.6 Å². The lowest BCUT2D eigenvalue weighted by atomic mass is 9.75. The van der Waals surface area contributed by atoms with E-state index in [2.05, 4.69) is 22.1 Å². The first-order valence-corrected chi connectivity index (χ1v) is 16.3. The van der Waals surface area contributed by atoms with Gasteiger partial charge in [-0.1, -0.05) is 12.0 Å². The first-order valence-electron chi connectivity index (χ1n) is 14.4. The van der Waals surface area contributed by atoms with E-state index in [-0.39, 0.29) is 34.7 Å². The second-order valence-corrected chi connectivity index (χ2v) is 14.1. The van der Waals surface area contributed by atoms with Gasteiger partial charge in [-0.3, -0.25) is 4.90 Å². The van der Waals surface area contributed by atoms with Crippen LogP contribution < -0.4 is 15.8 Å². The Balaban J connectivity index is 1.15. The van der Waals surface area contributed by atoms with Gasteiger partial charge in [-0.25, -0.2) is 8.42 Å². The Morgan fingerprint density at radius 3 is 2.49 bits per heavy atom. The second kappa shape index (κ2) is 11.3. The molecule has 3 aromatic rings. The van der Waals surface area contributed by atoms with Gasteiger partial charge in [0.25, 0.3) is 0 Å². The number of hydrogen-bond acceptors (Lipinski definition) is 7. The molecule has 12 heteroatoms. The number of halogens is 3. The van der Waals surface area contributed by atoms with Crippen molar-refractivity contribution in [3.05, 3.63) is 48.2 Å². The zero-order chi connectivity index (χ0) is 30.4. The fourth-order valence-electron chi connectivity index (χ4n) is 6.44. The maximum absolute atomic E-state index is 13.6. The molecule has 1 saturated carbocycles. The molecule has 2 aromatic carbocycles. The lowest BCUT2D eigenvalue weighted by Gasteiger charge is -2.58. The number of likely N-dealkylation sites (tertiary alicyclic amines) is 1. The predicted octanol–water partition coefficient (Wildman–Crippen LogP) is 4.68. The van der Waals surface area contributed by atoms with Crippen LogP contribution in [0.4, 0.5) is 24.5 Å². The number of anilines is 2. The van der Waals surface area contributed by atoms with Gasteiger partial charge in [0.2, 0.25) is 0 Å². The van der Waals surface area contributed by atoms with E-state index in [1.165, 1.54) is 22.8 Å². The summed E-state index contributed by atoms with van der Waals surface area (Å²) in [7, 11) is -3.43. The molecule has 1 aromatic heterocycles. The number of nitrogens with zero attached hydrogens (tertiary/aromatic N) is 2. The van der Waals surface area contributed by atoms with Crippen LogP contribution in [0.5, 0.6) is 5.75 Å². The van der Waals surface area contributed by atoms with Crippen molar-refractivity contribution in [3.63, 3.8) is 0 Å². The van der Waals surface area contributed by atoms with Crippen molar-refractivity contribution in [2.75, 3.05) is 50.2 Å². The summed E-state index contributed by atoms with van der Waals surface area (Å²) >= 11 is 0. The third kappa shape index (κ3) is 6.44. The maximum atomic E-state index is 13.6. The van der Waals surface area contributed by atoms with Crippen molar-refractivity contribution in [1.82, 2.24) is 9.47 Å². The largest absolute Gasteiger partial charge is 0.479 e. The molecule has 3 N–H and O–H groups in total. The number of benzene rings is 2. The van der Waals surface area contributed by atoms with Crippen molar-refractivity contribution < 1.29 is 31.1 Å². The molecule has 0 radical (unpaired) electrons. The lowest BCUT2D eigenvalue weighted by Crippen LogP contribution is -2.68. The van der Waals surface area contributed by atoms with E-state index in [0.717, 1.165) is 63.9 Å². The highest BCUT2D eigenvalue weighted by atomic mass is 32.2. The summed E-state index contributed by atoms with van der Waals surface area (Å²) < 4.78 is 76.4. The molecule has 2 saturated heterocycles. The van der Waals surface area contributed by atoms with Crippen molar-refractivity contribution in [1.29, 1.82) is 0 Å².